The largest absolute Gasteiger partial charge is 0.481 e. The molecule has 0 aromatic carbocycles. The van der Waals surface area contributed by atoms with Crippen molar-refractivity contribution in [1.29, 1.82) is 0 Å². The molecule has 1 aliphatic heterocycles. The number of anilines is 1. The molecule has 0 saturated carbocycles. The molecule has 0 bridgehead atoms. The topological polar surface area (TPSA) is 83.9 Å². The number of rotatable bonds is 3. The highest BCUT2D eigenvalue weighted by atomic mass is 16.4. The summed E-state index contributed by atoms with van der Waals surface area (Å²) < 4.78 is 2.01. The maximum Gasteiger partial charge on any atom is 0.307 e. The lowest BCUT2D eigenvalue weighted by Crippen LogP contribution is -2.38. The van der Waals surface area contributed by atoms with Gasteiger partial charge in [-0.1, -0.05) is 0 Å². The minimum absolute atomic E-state index is 0.261. The molecule has 3 heterocycles. The predicted octanol–water partition coefficient (Wildman–Crippen LogP) is 1.52. The normalized spacial score (nSPS) is 20.0. The highest BCUT2D eigenvalue weighted by molar-refractivity contribution is 5.70. The van der Waals surface area contributed by atoms with Crippen LogP contribution in [-0.2, 0) is 11.3 Å². The standard InChI is InChI=1S/C15H20N4O2/c1-10-13(19-8-12(16)4-5-14(19)17-10)9-18-6-2-3-11(7-18)15(20)21/h4-5,8,11H,2-3,6-7,9,16H2,1H3,(H,20,21). The third-order valence-electron chi connectivity index (χ3n) is 4.17. The van der Waals surface area contributed by atoms with Crippen LogP contribution < -0.4 is 5.73 Å². The molecule has 6 nitrogen and oxygen atoms in total. The van der Waals surface area contributed by atoms with Gasteiger partial charge in [-0.05, 0) is 38.4 Å². The lowest BCUT2D eigenvalue weighted by molar-refractivity contribution is -0.143. The van der Waals surface area contributed by atoms with E-state index in [1.165, 1.54) is 0 Å². The molecule has 3 N–H and O–H groups in total. The summed E-state index contributed by atoms with van der Waals surface area (Å²) >= 11 is 0. The minimum Gasteiger partial charge on any atom is -0.481 e. The Balaban J connectivity index is 1.86. The van der Waals surface area contributed by atoms with E-state index in [-0.39, 0.29) is 5.92 Å². The fourth-order valence-electron chi connectivity index (χ4n) is 3.03. The van der Waals surface area contributed by atoms with Crippen LogP contribution in [0.15, 0.2) is 18.3 Å². The number of hydrogen-bond acceptors (Lipinski definition) is 4. The zero-order valence-corrected chi connectivity index (χ0v) is 12.1. The molecule has 0 radical (unpaired) electrons. The molecule has 0 aliphatic carbocycles. The number of carbonyl (C=O) groups is 1. The second-order valence-electron chi connectivity index (χ2n) is 5.75. The molecule has 0 amide bonds. The molecule has 1 unspecified atom stereocenters. The molecule has 3 rings (SSSR count). The molecule has 1 saturated heterocycles. The van der Waals surface area contributed by atoms with E-state index in [4.69, 9.17) is 5.73 Å². The van der Waals surface area contributed by atoms with Gasteiger partial charge in [0.1, 0.15) is 5.65 Å². The first-order valence-electron chi connectivity index (χ1n) is 7.23. The van der Waals surface area contributed by atoms with Crippen molar-refractivity contribution in [1.82, 2.24) is 14.3 Å². The number of imidazole rings is 1. The summed E-state index contributed by atoms with van der Waals surface area (Å²) in [6.45, 7) is 4.22. The maximum atomic E-state index is 11.2. The third kappa shape index (κ3) is 2.71. The molecular formula is C15H20N4O2. The van der Waals surface area contributed by atoms with Gasteiger partial charge in [-0.15, -0.1) is 0 Å². The van der Waals surface area contributed by atoms with Gasteiger partial charge in [0.05, 0.1) is 17.3 Å². The van der Waals surface area contributed by atoms with Crippen LogP contribution in [0.25, 0.3) is 5.65 Å². The van der Waals surface area contributed by atoms with Crippen molar-refractivity contribution in [3.05, 3.63) is 29.7 Å². The molecule has 1 aliphatic rings. The van der Waals surface area contributed by atoms with Gasteiger partial charge in [-0.3, -0.25) is 9.69 Å². The number of fused-ring (bicyclic) bond motifs is 1. The van der Waals surface area contributed by atoms with Crippen molar-refractivity contribution in [2.75, 3.05) is 18.8 Å². The Hall–Kier alpha value is -2.08. The number of aliphatic carboxylic acids is 1. The van der Waals surface area contributed by atoms with E-state index >= 15 is 0 Å². The molecule has 0 spiro atoms. The fraction of sp³-hybridized carbons (Fsp3) is 0.467. The first-order chi connectivity index (χ1) is 10.0. The minimum atomic E-state index is -0.696. The number of carboxylic acid groups (broad SMARTS) is 1. The molecule has 2 aromatic heterocycles. The second-order valence-corrected chi connectivity index (χ2v) is 5.75. The Labute approximate surface area is 123 Å². The van der Waals surface area contributed by atoms with Crippen LogP contribution in [0.5, 0.6) is 0 Å². The Morgan fingerprint density at radius 1 is 1.52 bits per heavy atom. The van der Waals surface area contributed by atoms with Crippen LogP contribution in [0.3, 0.4) is 0 Å². The van der Waals surface area contributed by atoms with Gasteiger partial charge in [-0.2, -0.15) is 0 Å². The third-order valence-corrected chi connectivity index (χ3v) is 4.17. The number of likely N-dealkylation sites (tertiary alicyclic amines) is 1. The lowest BCUT2D eigenvalue weighted by Gasteiger charge is -2.30. The van der Waals surface area contributed by atoms with Gasteiger partial charge in [0.25, 0.3) is 0 Å². The predicted molar refractivity (Wildman–Crippen MR) is 80.0 cm³/mol. The summed E-state index contributed by atoms with van der Waals surface area (Å²) in [5.74, 6) is -0.956. The van der Waals surface area contributed by atoms with Gasteiger partial charge in [0.2, 0.25) is 0 Å². The number of nitrogens with zero attached hydrogens (tertiary/aromatic N) is 3. The van der Waals surface area contributed by atoms with Crippen LogP contribution >= 0.6 is 0 Å². The number of aryl methyl sites for hydroxylation is 1. The van der Waals surface area contributed by atoms with Gasteiger partial charge in [0.15, 0.2) is 0 Å². The Morgan fingerprint density at radius 2 is 2.33 bits per heavy atom. The number of hydrogen-bond donors (Lipinski definition) is 2. The number of piperidine rings is 1. The first-order valence-corrected chi connectivity index (χ1v) is 7.23. The van der Waals surface area contributed by atoms with E-state index in [1.807, 2.05) is 29.7 Å². The van der Waals surface area contributed by atoms with Crippen molar-refractivity contribution < 1.29 is 9.90 Å². The van der Waals surface area contributed by atoms with Gasteiger partial charge < -0.3 is 15.2 Å². The van der Waals surface area contributed by atoms with Crippen LogP contribution in [0.4, 0.5) is 5.69 Å². The van der Waals surface area contributed by atoms with E-state index in [9.17, 15) is 9.90 Å². The summed E-state index contributed by atoms with van der Waals surface area (Å²) in [7, 11) is 0. The van der Waals surface area contributed by atoms with E-state index in [0.29, 0.717) is 18.8 Å². The van der Waals surface area contributed by atoms with Crippen molar-refractivity contribution in [3.8, 4) is 0 Å². The Bertz CT molecular complexity index is 680. The van der Waals surface area contributed by atoms with Gasteiger partial charge in [-0.25, -0.2) is 4.98 Å². The zero-order valence-electron chi connectivity index (χ0n) is 12.1. The molecule has 112 valence electrons. The number of carboxylic acids is 1. The SMILES string of the molecule is Cc1nc2ccc(N)cn2c1CN1CCCC(C(=O)O)C1. The highest BCUT2D eigenvalue weighted by Crippen LogP contribution is 2.21. The van der Waals surface area contributed by atoms with E-state index in [2.05, 4.69) is 9.88 Å². The van der Waals surface area contributed by atoms with Gasteiger partial charge in [0, 0.05) is 25.0 Å². The summed E-state index contributed by atoms with van der Waals surface area (Å²) in [5.41, 5.74) is 9.49. The molecule has 1 fully saturated rings. The average molecular weight is 288 g/mol. The monoisotopic (exact) mass is 288 g/mol. The summed E-state index contributed by atoms with van der Waals surface area (Å²) in [6, 6.07) is 3.75. The molecule has 21 heavy (non-hydrogen) atoms. The first kappa shape index (κ1) is 13.9. The number of aromatic nitrogens is 2. The zero-order chi connectivity index (χ0) is 15.0. The summed E-state index contributed by atoms with van der Waals surface area (Å²) in [4.78, 5) is 17.9. The van der Waals surface area contributed by atoms with Crippen LogP contribution in [0, 0.1) is 12.8 Å². The van der Waals surface area contributed by atoms with E-state index in [0.717, 1.165) is 36.4 Å². The highest BCUT2D eigenvalue weighted by Gasteiger charge is 2.26. The smallest absolute Gasteiger partial charge is 0.307 e. The van der Waals surface area contributed by atoms with Gasteiger partial charge >= 0.3 is 5.97 Å². The van der Waals surface area contributed by atoms with E-state index in [1.54, 1.807) is 0 Å². The van der Waals surface area contributed by atoms with Crippen molar-refractivity contribution in [3.63, 3.8) is 0 Å². The van der Waals surface area contributed by atoms with Crippen LogP contribution in [0.2, 0.25) is 0 Å². The number of nitrogens with two attached hydrogens (primary N) is 1. The molecule has 1 atom stereocenters. The summed E-state index contributed by atoms with van der Waals surface area (Å²) in [6.07, 6.45) is 3.57. The second kappa shape index (κ2) is 5.37. The van der Waals surface area contributed by atoms with Crippen molar-refractivity contribution in [2.45, 2.75) is 26.3 Å². The van der Waals surface area contributed by atoms with Crippen molar-refractivity contribution in [2.24, 2.45) is 5.92 Å². The lowest BCUT2D eigenvalue weighted by atomic mass is 9.98. The van der Waals surface area contributed by atoms with E-state index < -0.39 is 5.97 Å². The Kier molecular flexibility index (Phi) is 3.55. The summed E-state index contributed by atoms with van der Waals surface area (Å²) in [5, 5.41) is 9.18. The Morgan fingerprint density at radius 3 is 3.10 bits per heavy atom. The quantitative estimate of drug-likeness (QED) is 0.894. The molecule has 6 heteroatoms. The van der Waals surface area contributed by atoms with Crippen LogP contribution in [0.1, 0.15) is 24.2 Å². The van der Waals surface area contributed by atoms with Crippen molar-refractivity contribution >= 4 is 17.3 Å². The van der Waals surface area contributed by atoms with Crippen LogP contribution in [-0.4, -0.2) is 38.4 Å². The average Bonchev–Trinajstić information content (AvgIpc) is 2.75. The fourth-order valence-corrected chi connectivity index (χ4v) is 3.03. The number of pyridine rings is 1. The molecular weight excluding hydrogens is 268 g/mol. The maximum absolute atomic E-state index is 11.2. The number of nitrogen functional groups attached to an aromatic ring is 1. The molecule has 2 aromatic rings.